The van der Waals surface area contributed by atoms with Gasteiger partial charge in [-0.15, -0.1) is 0 Å². The smallest absolute Gasteiger partial charge is 0.349 e. The first kappa shape index (κ1) is 14.6. The van der Waals surface area contributed by atoms with Crippen LogP contribution >= 0.6 is 0 Å². The number of hydrogen-bond donors (Lipinski definition) is 2. The molecule has 0 amide bonds. The lowest BCUT2D eigenvalue weighted by molar-refractivity contribution is 0.304. The third-order valence-electron chi connectivity index (χ3n) is 3.80. The van der Waals surface area contributed by atoms with Gasteiger partial charge < -0.3 is 5.32 Å². The van der Waals surface area contributed by atoms with Gasteiger partial charge in [0.1, 0.15) is 11.6 Å². The molecule has 0 saturated carbocycles. The zero-order valence-corrected chi connectivity index (χ0v) is 12.8. The van der Waals surface area contributed by atoms with Gasteiger partial charge in [-0.3, -0.25) is 0 Å². The van der Waals surface area contributed by atoms with E-state index in [4.69, 9.17) is 0 Å². The first-order valence-electron chi connectivity index (χ1n) is 7.08. The minimum atomic E-state index is -0.251. The maximum Gasteiger partial charge on any atom is 0.349 e. The van der Waals surface area contributed by atoms with Crippen molar-refractivity contribution in [1.82, 2.24) is 19.6 Å². The summed E-state index contributed by atoms with van der Waals surface area (Å²) in [6, 6.07) is 1.79. The highest BCUT2D eigenvalue weighted by Crippen LogP contribution is 2.21. The average Bonchev–Trinajstić information content (AvgIpc) is 2.70. The molecule has 0 saturated heterocycles. The van der Waals surface area contributed by atoms with Crippen LogP contribution in [-0.4, -0.2) is 26.1 Å². The van der Waals surface area contributed by atoms with Crippen molar-refractivity contribution in [2.24, 2.45) is 17.8 Å². The molecule has 6 nitrogen and oxygen atoms in total. The molecule has 0 fully saturated rings. The third kappa shape index (κ3) is 2.84. The molecular formula is C14H23N5O. The van der Waals surface area contributed by atoms with Gasteiger partial charge in [-0.25, -0.2) is 19.3 Å². The Morgan fingerprint density at radius 2 is 1.95 bits per heavy atom. The van der Waals surface area contributed by atoms with Gasteiger partial charge >= 0.3 is 5.69 Å². The summed E-state index contributed by atoms with van der Waals surface area (Å²) in [6.45, 7) is 11.6. The number of aromatic nitrogens is 4. The maximum atomic E-state index is 11.5. The Labute approximate surface area is 118 Å². The van der Waals surface area contributed by atoms with Gasteiger partial charge in [0.2, 0.25) is 0 Å². The summed E-state index contributed by atoms with van der Waals surface area (Å²) in [4.78, 5) is 16.0. The minimum absolute atomic E-state index is 0.251. The molecule has 0 spiro atoms. The van der Waals surface area contributed by atoms with Crippen LogP contribution in [0.2, 0.25) is 0 Å². The van der Waals surface area contributed by atoms with Crippen LogP contribution in [-0.2, 0) is 0 Å². The molecule has 2 aromatic rings. The summed E-state index contributed by atoms with van der Waals surface area (Å²) in [5.74, 6) is 3.20. The van der Waals surface area contributed by atoms with Crippen LogP contribution < -0.4 is 11.0 Å². The van der Waals surface area contributed by atoms with E-state index in [9.17, 15) is 4.79 Å². The highest BCUT2D eigenvalue weighted by molar-refractivity contribution is 5.49. The first-order valence-corrected chi connectivity index (χ1v) is 7.08. The van der Waals surface area contributed by atoms with E-state index in [1.807, 2.05) is 0 Å². The molecule has 2 aromatic heterocycles. The highest BCUT2D eigenvalue weighted by Gasteiger charge is 2.17. The molecule has 2 heterocycles. The number of rotatable bonds is 5. The standard InChI is InChI=1S/C14H23N5O/c1-8(2)11(9(3)4)7-15-12-6-13-17-18-14(20)19(13)10(5)16-12/h6,8-9,11,15H,7H2,1-5H3,(H,18,20). The van der Waals surface area contributed by atoms with Gasteiger partial charge in [0.15, 0.2) is 5.65 Å². The molecule has 0 aliphatic heterocycles. The predicted octanol–water partition coefficient (Wildman–Crippen LogP) is 2.07. The lowest BCUT2D eigenvalue weighted by Gasteiger charge is -2.25. The van der Waals surface area contributed by atoms with E-state index in [1.165, 1.54) is 4.40 Å². The summed E-state index contributed by atoms with van der Waals surface area (Å²) < 4.78 is 1.47. The van der Waals surface area contributed by atoms with Crippen LogP contribution in [0.25, 0.3) is 5.65 Å². The molecule has 110 valence electrons. The number of nitrogens with one attached hydrogen (secondary N) is 2. The molecule has 0 aliphatic carbocycles. The van der Waals surface area contributed by atoms with E-state index < -0.39 is 0 Å². The molecular weight excluding hydrogens is 254 g/mol. The minimum Gasteiger partial charge on any atom is -0.370 e. The zero-order chi connectivity index (χ0) is 14.9. The quantitative estimate of drug-likeness (QED) is 0.877. The molecule has 0 aromatic carbocycles. The number of aromatic amines is 1. The van der Waals surface area contributed by atoms with E-state index in [-0.39, 0.29) is 5.69 Å². The van der Waals surface area contributed by atoms with E-state index >= 15 is 0 Å². The number of H-pyrrole nitrogens is 1. The number of fused-ring (bicyclic) bond motifs is 1. The van der Waals surface area contributed by atoms with E-state index in [0.717, 1.165) is 12.4 Å². The molecule has 0 atom stereocenters. The fraction of sp³-hybridized carbons (Fsp3) is 0.643. The Hall–Kier alpha value is -1.85. The van der Waals surface area contributed by atoms with Crippen molar-refractivity contribution >= 4 is 11.5 Å². The second kappa shape index (κ2) is 5.64. The summed E-state index contributed by atoms with van der Waals surface area (Å²) >= 11 is 0. The van der Waals surface area contributed by atoms with Crippen molar-refractivity contribution in [3.05, 3.63) is 22.4 Å². The highest BCUT2D eigenvalue weighted by atomic mass is 16.1. The summed E-state index contributed by atoms with van der Waals surface area (Å²) in [5.41, 5.74) is 0.342. The van der Waals surface area contributed by atoms with Gasteiger partial charge in [-0.1, -0.05) is 27.7 Å². The lowest BCUT2D eigenvalue weighted by Crippen LogP contribution is -2.25. The largest absolute Gasteiger partial charge is 0.370 e. The molecule has 20 heavy (non-hydrogen) atoms. The summed E-state index contributed by atoms with van der Waals surface area (Å²) in [7, 11) is 0. The maximum absolute atomic E-state index is 11.5. The Balaban J connectivity index is 2.20. The van der Waals surface area contributed by atoms with Gasteiger partial charge in [-0.2, -0.15) is 5.10 Å². The first-order chi connectivity index (χ1) is 9.40. The van der Waals surface area contributed by atoms with Crippen LogP contribution in [0.1, 0.15) is 33.5 Å². The summed E-state index contributed by atoms with van der Waals surface area (Å²) in [6.07, 6.45) is 0. The van der Waals surface area contributed by atoms with Gasteiger partial charge in [0.05, 0.1) is 0 Å². The van der Waals surface area contributed by atoms with Crippen molar-refractivity contribution in [2.45, 2.75) is 34.6 Å². The number of hydrogen-bond acceptors (Lipinski definition) is 4. The van der Waals surface area contributed by atoms with Crippen molar-refractivity contribution in [2.75, 3.05) is 11.9 Å². The molecule has 6 heteroatoms. The van der Waals surface area contributed by atoms with Crippen molar-refractivity contribution < 1.29 is 0 Å². The van der Waals surface area contributed by atoms with Crippen molar-refractivity contribution in [3.8, 4) is 0 Å². The zero-order valence-electron chi connectivity index (χ0n) is 12.8. The van der Waals surface area contributed by atoms with Crippen LogP contribution in [0.3, 0.4) is 0 Å². The van der Waals surface area contributed by atoms with Gasteiger partial charge in [0.25, 0.3) is 0 Å². The molecule has 0 unspecified atom stereocenters. The van der Waals surface area contributed by atoms with Crippen molar-refractivity contribution in [3.63, 3.8) is 0 Å². The predicted molar refractivity (Wildman–Crippen MR) is 80.0 cm³/mol. The van der Waals surface area contributed by atoms with E-state index in [1.54, 1.807) is 13.0 Å². The summed E-state index contributed by atoms with van der Waals surface area (Å²) in [5, 5.41) is 9.79. The average molecular weight is 277 g/mol. The Kier molecular flexibility index (Phi) is 4.11. The SMILES string of the molecule is Cc1nc(NCC(C(C)C)C(C)C)cc2n[nH]c(=O)n12. The number of nitrogens with zero attached hydrogens (tertiary/aromatic N) is 3. The van der Waals surface area contributed by atoms with E-state index in [0.29, 0.717) is 29.2 Å². The Morgan fingerprint density at radius 3 is 2.55 bits per heavy atom. The van der Waals surface area contributed by atoms with Gasteiger partial charge in [-0.05, 0) is 24.7 Å². The number of aryl methyl sites for hydroxylation is 1. The third-order valence-corrected chi connectivity index (χ3v) is 3.80. The molecule has 2 rings (SSSR count). The second-order valence-corrected chi connectivity index (χ2v) is 5.94. The fourth-order valence-corrected chi connectivity index (χ4v) is 2.65. The number of anilines is 1. The van der Waals surface area contributed by atoms with Crippen LogP contribution in [0.5, 0.6) is 0 Å². The normalized spacial score (nSPS) is 12.0. The fourth-order valence-electron chi connectivity index (χ4n) is 2.65. The second-order valence-electron chi connectivity index (χ2n) is 5.94. The molecule has 0 radical (unpaired) electrons. The molecule has 0 aliphatic rings. The van der Waals surface area contributed by atoms with Crippen LogP contribution in [0.15, 0.2) is 10.9 Å². The monoisotopic (exact) mass is 277 g/mol. The van der Waals surface area contributed by atoms with E-state index in [2.05, 4.69) is 48.2 Å². The Bertz CT molecular complexity index is 633. The lowest BCUT2D eigenvalue weighted by atomic mass is 9.85. The Morgan fingerprint density at radius 1 is 1.30 bits per heavy atom. The molecule has 2 N–H and O–H groups in total. The van der Waals surface area contributed by atoms with Gasteiger partial charge in [0, 0.05) is 12.6 Å². The van der Waals surface area contributed by atoms with Crippen LogP contribution in [0, 0.1) is 24.7 Å². The molecule has 0 bridgehead atoms. The van der Waals surface area contributed by atoms with Crippen molar-refractivity contribution in [1.29, 1.82) is 0 Å². The topological polar surface area (TPSA) is 75.1 Å². The van der Waals surface area contributed by atoms with Crippen LogP contribution in [0.4, 0.5) is 5.82 Å².